The summed E-state index contributed by atoms with van der Waals surface area (Å²) in [5.74, 6) is 0. The van der Waals surface area contributed by atoms with Crippen molar-refractivity contribution in [2.45, 2.75) is 9.79 Å². The Balaban J connectivity index is 2.24. The lowest BCUT2D eigenvalue weighted by Gasteiger charge is -2.06. The van der Waals surface area contributed by atoms with Crippen LogP contribution in [0.2, 0.25) is 5.02 Å². The maximum absolute atomic E-state index is 12.6. The molecule has 1 heterocycles. The van der Waals surface area contributed by atoms with Crippen molar-refractivity contribution in [3.05, 3.63) is 69.5 Å². The zero-order valence-electron chi connectivity index (χ0n) is 11.6. The number of aromatic nitrogens is 1. The molecular formula is C16H9ClN2O3S. The molecule has 0 radical (unpaired) electrons. The van der Waals surface area contributed by atoms with Gasteiger partial charge in [0.25, 0.3) is 0 Å². The van der Waals surface area contributed by atoms with Gasteiger partial charge in [-0.3, -0.25) is 4.79 Å². The van der Waals surface area contributed by atoms with Gasteiger partial charge in [-0.05, 0) is 42.5 Å². The highest BCUT2D eigenvalue weighted by atomic mass is 35.5. The lowest BCUT2D eigenvalue weighted by Crippen LogP contribution is -2.16. The van der Waals surface area contributed by atoms with Crippen LogP contribution in [0.4, 0.5) is 0 Å². The first-order valence-electron chi connectivity index (χ1n) is 6.50. The third-order valence-corrected chi connectivity index (χ3v) is 5.40. The third-order valence-electron chi connectivity index (χ3n) is 3.39. The molecule has 0 amide bonds. The van der Waals surface area contributed by atoms with Crippen molar-refractivity contribution in [3.8, 4) is 6.07 Å². The fraction of sp³-hybridized carbons (Fsp3) is 0. The molecule has 1 aromatic heterocycles. The average molecular weight is 345 g/mol. The number of H-pyrrole nitrogens is 1. The number of pyridine rings is 1. The molecule has 3 rings (SSSR count). The highest BCUT2D eigenvalue weighted by molar-refractivity contribution is 7.91. The number of fused-ring (bicyclic) bond motifs is 1. The molecule has 0 spiro atoms. The average Bonchev–Trinajstić information content (AvgIpc) is 2.55. The van der Waals surface area contributed by atoms with Crippen molar-refractivity contribution in [1.82, 2.24) is 4.98 Å². The first-order chi connectivity index (χ1) is 10.9. The molecule has 7 heteroatoms. The van der Waals surface area contributed by atoms with Crippen LogP contribution in [0, 0.1) is 11.3 Å². The van der Waals surface area contributed by atoms with Crippen molar-refractivity contribution in [1.29, 1.82) is 5.26 Å². The van der Waals surface area contributed by atoms with Crippen LogP contribution < -0.4 is 5.43 Å². The molecule has 0 saturated heterocycles. The maximum atomic E-state index is 12.6. The molecule has 0 aliphatic rings. The van der Waals surface area contributed by atoms with Gasteiger partial charge in [0.05, 0.1) is 16.5 Å². The number of aromatic amines is 1. The quantitative estimate of drug-likeness (QED) is 0.773. The van der Waals surface area contributed by atoms with E-state index in [-0.39, 0.29) is 15.2 Å². The summed E-state index contributed by atoms with van der Waals surface area (Å²) in [5, 5.41) is 9.31. The summed E-state index contributed by atoms with van der Waals surface area (Å²) in [4.78, 5) is 14.9. The van der Waals surface area contributed by atoms with Crippen molar-refractivity contribution in [2.75, 3.05) is 0 Å². The van der Waals surface area contributed by atoms with Crippen molar-refractivity contribution in [3.63, 3.8) is 0 Å². The molecule has 0 atom stereocenters. The molecular weight excluding hydrogens is 336 g/mol. The first-order valence-corrected chi connectivity index (χ1v) is 8.36. The number of hydrogen-bond acceptors (Lipinski definition) is 4. The first kappa shape index (κ1) is 15.3. The van der Waals surface area contributed by atoms with E-state index in [1.807, 2.05) is 6.07 Å². The molecule has 114 valence electrons. The Morgan fingerprint density at radius 2 is 1.78 bits per heavy atom. The molecule has 3 aromatic rings. The minimum Gasteiger partial charge on any atom is -0.360 e. The monoisotopic (exact) mass is 344 g/mol. The van der Waals surface area contributed by atoms with Gasteiger partial charge in [-0.25, -0.2) is 8.42 Å². The largest absolute Gasteiger partial charge is 0.360 e. The topological polar surface area (TPSA) is 90.8 Å². The molecule has 0 aliphatic carbocycles. The Labute approximate surface area is 136 Å². The zero-order chi connectivity index (χ0) is 16.6. The summed E-state index contributed by atoms with van der Waals surface area (Å²) in [7, 11) is -4.00. The number of nitrogens with zero attached hydrogens (tertiary/aromatic N) is 1. The molecule has 0 bridgehead atoms. The molecule has 0 saturated carbocycles. The Bertz CT molecular complexity index is 1110. The van der Waals surface area contributed by atoms with E-state index in [0.717, 1.165) is 0 Å². The second-order valence-electron chi connectivity index (χ2n) is 4.81. The number of benzene rings is 2. The fourth-order valence-corrected chi connectivity index (χ4v) is 3.70. The summed E-state index contributed by atoms with van der Waals surface area (Å²) >= 11 is 5.87. The molecule has 0 aliphatic heterocycles. The number of nitrogens with one attached hydrogen (secondary N) is 1. The number of sulfone groups is 1. The normalized spacial score (nSPS) is 11.3. The molecule has 5 nitrogen and oxygen atoms in total. The zero-order valence-corrected chi connectivity index (χ0v) is 13.1. The number of hydrogen-bond donors (Lipinski definition) is 1. The van der Waals surface area contributed by atoms with E-state index in [2.05, 4.69) is 4.98 Å². The van der Waals surface area contributed by atoms with Gasteiger partial charge in [-0.1, -0.05) is 11.6 Å². The summed E-state index contributed by atoms with van der Waals surface area (Å²) < 4.78 is 25.3. The second kappa shape index (κ2) is 5.54. The van der Waals surface area contributed by atoms with Crippen molar-refractivity contribution >= 4 is 32.3 Å². The van der Waals surface area contributed by atoms with E-state index < -0.39 is 15.3 Å². The Morgan fingerprint density at radius 3 is 2.43 bits per heavy atom. The highest BCUT2D eigenvalue weighted by Gasteiger charge is 2.22. The van der Waals surface area contributed by atoms with E-state index in [4.69, 9.17) is 16.9 Å². The van der Waals surface area contributed by atoms with Crippen LogP contribution in [0.25, 0.3) is 10.9 Å². The van der Waals surface area contributed by atoms with Gasteiger partial charge >= 0.3 is 0 Å². The predicted octanol–water partition coefficient (Wildman–Crippen LogP) is 2.89. The Hall–Kier alpha value is -2.62. The molecule has 1 N–H and O–H groups in total. The smallest absolute Gasteiger partial charge is 0.211 e. The second-order valence-corrected chi connectivity index (χ2v) is 7.17. The van der Waals surface area contributed by atoms with Gasteiger partial charge in [0.1, 0.15) is 4.90 Å². The summed E-state index contributed by atoms with van der Waals surface area (Å²) in [6.07, 6.45) is 1.17. The van der Waals surface area contributed by atoms with Gasteiger partial charge in [0, 0.05) is 22.1 Å². The SMILES string of the molecule is N#Cc1ccc(S(=O)(=O)c2c[nH]c3ccc(Cl)cc3c2=O)cc1. The Morgan fingerprint density at radius 1 is 1.09 bits per heavy atom. The van der Waals surface area contributed by atoms with Crippen LogP contribution in [-0.2, 0) is 9.84 Å². The minimum atomic E-state index is -4.00. The molecule has 2 aromatic carbocycles. The van der Waals surface area contributed by atoms with Gasteiger partial charge in [-0.2, -0.15) is 5.26 Å². The summed E-state index contributed by atoms with van der Waals surface area (Å²) in [5.41, 5.74) is 0.215. The van der Waals surface area contributed by atoms with Crippen LogP contribution in [0.15, 0.2) is 63.2 Å². The van der Waals surface area contributed by atoms with Crippen molar-refractivity contribution in [2.24, 2.45) is 0 Å². The molecule has 23 heavy (non-hydrogen) atoms. The van der Waals surface area contributed by atoms with Gasteiger partial charge in [0.2, 0.25) is 15.3 Å². The van der Waals surface area contributed by atoms with E-state index in [1.165, 1.54) is 36.5 Å². The van der Waals surface area contributed by atoms with Crippen LogP contribution in [0.5, 0.6) is 0 Å². The van der Waals surface area contributed by atoms with E-state index in [1.54, 1.807) is 12.1 Å². The minimum absolute atomic E-state index is 0.0524. The van der Waals surface area contributed by atoms with Crippen LogP contribution >= 0.6 is 11.6 Å². The van der Waals surface area contributed by atoms with Crippen LogP contribution in [0.1, 0.15) is 5.56 Å². The lowest BCUT2D eigenvalue weighted by molar-refractivity contribution is 0.595. The highest BCUT2D eigenvalue weighted by Crippen LogP contribution is 2.21. The van der Waals surface area contributed by atoms with Crippen molar-refractivity contribution < 1.29 is 8.42 Å². The predicted molar refractivity (Wildman–Crippen MR) is 86.2 cm³/mol. The van der Waals surface area contributed by atoms with Crippen LogP contribution in [0.3, 0.4) is 0 Å². The maximum Gasteiger partial charge on any atom is 0.211 e. The number of rotatable bonds is 2. The Kier molecular flexibility index (Phi) is 3.68. The molecule has 0 unspecified atom stereocenters. The van der Waals surface area contributed by atoms with Crippen LogP contribution in [-0.4, -0.2) is 13.4 Å². The fourth-order valence-electron chi connectivity index (χ4n) is 2.21. The standard InChI is InChI=1S/C16H9ClN2O3S/c17-11-3-6-14-13(7-11)16(20)15(9-19-14)23(21,22)12-4-1-10(8-18)2-5-12/h1-7,9H,(H,19,20). The van der Waals surface area contributed by atoms with E-state index in [9.17, 15) is 13.2 Å². The lowest BCUT2D eigenvalue weighted by atomic mass is 10.2. The third kappa shape index (κ3) is 2.61. The number of halogens is 1. The van der Waals surface area contributed by atoms with E-state index >= 15 is 0 Å². The van der Waals surface area contributed by atoms with Gasteiger partial charge < -0.3 is 4.98 Å². The number of nitriles is 1. The van der Waals surface area contributed by atoms with Gasteiger partial charge in [0.15, 0.2) is 0 Å². The van der Waals surface area contributed by atoms with Gasteiger partial charge in [-0.15, -0.1) is 0 Å². The summed E-state index contributed by atoms with van der Waals surface area (Å²) in [6.45, 7) is 0. The molecule has 0 fully saturated rings. The summed E-state index contributed by atoms with van der Waals surface area (Å²) in [6, 6.07) is 11.9. The van der Waals surface area contributed by atoms with E-state index in [0.29, 0.717) is 16.1 Å².